The lowest BCUT2D eigenvalue weighted by Crippen LogP contribution is -2.30. The molecule has 0 radical (unpaired) electrons. The number of benzene rings is 2. The van der Waals surface area contributed by atoms with Crippen molar-refractivity contribution in [2.24, 2.45) is 0 Å². The Morgan fingerprint density at radius 3 is 2.00 bits per heavy atom. The summed E-state index contributed by atoms with van der Waals surface area (Å²) in [7, 11) is 0. The van der Waals surface area contributed by atoms with Crippen LogP contribution < -0.4 is 10.6 Å². The van der Waals surface area contributed by atoms with Crippen molar-refractivity contribution in [2.45, 2.75) is 32.4 Å². The molecule has 0 fully saturated rings. The van der Waals surface area contributed by atoms with Gasteiger partial charge in [0.25, 0.3) is 0 Å². The molecule has 1 unspecified atom stereocenters. The molecular weight excluding hydrogens is 345 g/mol. The number of carbonyl (C=O) groups excluding carboxylic acids is 2. The Bertz CT molecular complexity index is 803. The van der Waals surface area contributed by atoms with Crippen molar-refractivity contribution in [1.29, 1.82) is 0 Å². The number of carbonyl (C=O) groups is 2. The zero-order valence-corrected chi connectivity index (χ0v) is 14.4. The molecule has 1 atom stereocenters. The van der Waals surface area contributed by atoms with E-state index < -0.39 is 29.2 Å². The van der Waals surface area contributed by atoms with Crippen molar-refractivity contribution in [3.05, 3.63) is 59.7 Å². The van der Waals surface area contributed by atoms with E-state index >= 15 is 0 Å². The molecule has 0 spiro atoms. The van der Waals surface area contributed by atoms with Crippen LogP contribution in [0.5, 0.6) is 0 Å². The smallest absolute Gasteiger partial charge is 0.318 e. The second-order valence-corrected chi connectivity index (χ2v) is 5.85. The van der Waals surface area contributed by atoms with Gasteiger partial charge in [-0.1, -0.05) is 44.2 Å². The molecule has 4 nitrogen and oxygen atoms in total. The average Bonchev–Trinajstić information content (AvgIpc) is 2.61. The lowest BCUT2D eigenvalue weighted by molar-refractivity contribution is -0.137. The maximum atomic E-state index is 13.0. The third-order valence-electron chi connectivity index (χ3n) is 4.04. The number of halogens is 3. The number of amides is 2. The molecule has 0 saturated carbocycles. The number of para-hydroxylation sites is 2. The van der Waals surface area contributed by atoms with Crippen LogP contribution in [0, 0.1) is 0 Å². The summed E-state index contributed by atoms with van der Waals surface area (Å²) >= 11 is 0. The Balaban J connectivity index is 2.17. The summed E-state index contributed by atoms with van der Waals surface area (Å²) in [6, 6.07) is 11.5. The van der Waals surface area contributed by atoms with E-state index in [1.165, 1.54) is 12.1 Å². The van der Waals surface area contributed by atoms with Crippen LogP contribution in [0.3, 0.4) is 0 Å². The maximum Gasteiger partial charge on any atom is 0.418 e. The Morgan fingerprint density at radius 1 is 0.923 bits per heavy atom. The highest BCUT2D eigenvalue weighted by molar-refractivity contribution is 6.43. The van der Waals surface area contributed by atoms with Gasteiger partial charge in [-0.2, -0.15) is 13.2 Å². The second-order valence-electron chi connectivity index (χ2n) is 5.85. The number of hydrogen-bond donors (Lipinski definition) is 2. The molecule has 2 aromatic rings. The Labute approximate surface area is 149 Å². The highest BCUT2D eigenvalue weighted by Crippen LogP contribution is 2.34. The predicted octanol–water partition coefficient (Wildman–Crippen LogP) is 4.80. The molecule has 0 saturated heterocycles. The van der Waals surface area contributed by atoms with E-state index in [4.69, 9.17) is 0 Å². The van der Waals surface area contributed by atoms with Crippen molar-refractivity contribution < 1.29 is 22.8 Å². The first-order valence-corrected chi connectivity index (χ1v) is 8.11. The van der Waals surface area contributed by atoms with Crippen LogP contribution in [0.1, 0.15) is 37.3 Å². The number of rotatable bonds is 4. The van der Waals surface area contributed by atoms with E-state index in [0.29, 0.717) is 5.69 Å². The number of anilines is 2. The molecular formula is C19H19F3N2O2. The summed E-state index contributed by atoms with van der Waals surface area (Å²) in [5.74, 6) is -2.04. The number of nitrogens with one attached hydrogen (secondary N) is 2. The Kier molecular flexibility index (Phi) is 6.02. The molecule has 0 aliphatic rings. The van der Waals surface area contributed by atoms with Gasteiger partial charge >= 0.3 is 18.0 Å². The van der Waals surface area contributed by atoms with Gasteiger partial charge in [-0.25, -0.2) is 0 Å². The van der Waals surface area contributed by atoms with E-state index in [0.717, 1.165) is 24.1 Å². The zero-order chi connectivity index (χ0) is 19.3. The lowest BCUT2D eigenvalue weighted by Gasteiger charge is -2.16. The second kappa shape index (κ2) is 8.03. The van der Waals surface area contributed by atoms with Crippen molar-refractivity contribution in [3.8, 4) is 0 Å². The van der Waals surface area contributed by atoms with Gasteiger partial charge in [0.2, 0.25) is 0 Å². The van der Waals surface area contributed by atoms with Crippen LogP contribution in [0.25, 0.3) is 0 Å². The van der Waals surface area contributed by atoms with Crippen molar-refractivity contribution in [1.82, 2.24) is 0 Å². The fourth-order valence-electron chi connectivity index (χ4n) is 2.46. The predicted molar refractivity (Wildman–Crippen MR) is 93.9 cm³/mol. The molecule has 2 amide bonds. The standard InChI is InChI=1S/C19H19F3N2O2/c1-3-12(2)13-8-4-6-10-15(13)23-17(25)18(26)24-16-11-7-5-9-14(16)19(20,21)22/h4-12H,3H2,1-2H3,(H,23,25)(H,24,26). The average molecular weight is 364 g/mol. The van der Waals surface area contributed by atoms with Crippen LogP contribution >= 0.6 is 0 Å². The van der Waals surface area contributed by atoms with Gasteiger partial charge in [0, 0.05) is 5.69 Å². The lowest BCUT2D eigenvalue weighted by atomic mass is 9.97. The Morgan fingerprint density at radius 2 is 1.42 bits per heavy atom. The van der Waals surface area contributed by atoms with E-state index in [9.17, 15) is 22.8 Å². The van der Waals surface area contributed by atoms with Gasteiger partial charge in [0.15, 0.2) is 0 Å². The van der Waals surface area contributed by atoms with Crippen molar-refractivity contribution in [3.63, 3.8) is 0 Å². The summed E-state index contributed by atoms with van der Waals surface area (Å²) in [4.78, 5) is 24.2. The molecule has 26 heavy (non-hydrogen) atoms. The molecule has 0 aliphatic heterocycles. The first kappa shape index (κ1) is 19.5. The van der Waals surface area contributed by atoms with Gasteiger partial charge in [-0.3, -0.25) is 9.59 Å². The molecule has 138 valence electrons. The maximum absolute atomic E-state index is 13.0. The highest BCUT2D eigenvalue weighted by atomic mass is 19.4. The van der Waals surface area contributed by atoms with Crippen LogP contribution in [0.15, 0.2) is 48.5 Å². The summed E-state index contributed by atoms with van der Waals surface area (Å²) in [5.41, 5.74) is -0.158. The molecule has 2 rings (SSSR count). The summed E-state index contributed by atoms with van der Waals surface area (Å²) in [6.45, 7) is 3.97. The summed E-state index contributed by atoms with van der Waals surface area (Å²) < 4.78 is 38.9. The van der Waals surface area contributed by atoms with Crippen molar-refractivity contribution >= 4 is 23.2 Å². The quantitative estimate of drug-likeness (QED) is 0.766. The van der Waals surface area contributed by atoms with Gasteiger partial charge in [0.1, 0.15) is 0 Å². The highest BCUT2D eigenvalue weighted by Gasteiger charge is 2.34. The van der Waals surface area contributed by atoms with Gasteiger partial charge in [-0.05, 0) is 36.1 Å². The van der Waals surface area contributed by atoms with Gasteiger partial charge in [0.05, 0.1) is 11.3 Å². The fraction of sp³-hybridized carbons (Fsp3) is 0.263. The zero-order valence-electron chi connectivity index (χ0n) is 14.4. The fourth-order valence-corrected chi connectivity index (χ4v) is 2.46. The van der Waals surface area contributed by atoms with Gasteiger partial charge < -0.3 is 10.6 Å². The number of hydrogen-bond acceptors (Lipinski definition) is 2. The minimum atomic E-state index is -4.64. The minimum Gasteiger partial charge on any atom is -0.318 e. The molecule has 2 aromatic carbocycles. The third kappa shape index (κ3) is 4.62. The molecule has 0 aromatic heterocycles. The van der Waals surface area contributed by atoms with Crippen LogP contribution in [0.2, 0.25) is 0 Å². The van der Waals surface area contributed by atoms with E-state index in [-0.39, 0.29) is 5.92 Å². The molecule has 0 bridgehead atoms. The van der Waals surface area contributed by atoms with E-state index in [1.54, 1.807) is 12.1 Å². The number of alkyl halides is 3. The molecule has 7 heteroatoms. The first-order chi connectivity index (χ1) is 12.2. The Hall–Kier alpha value is -2.83. The monoisotopic (exact) mass is 364 g/mol. The minimum absolute atomic E-state index is 0.153. The van der Waals surface area contributed by atoms with Crippen LogP contribution in [-0.4, -0.2) is 11.8 Å². The summed E-state index contributed by atoms with van der Waals surface area (Å²) in [6.07, 6.45) is -3.80. The van der Waals surface area contributed by atoms with E-state index in [2.05, 4.69) is 5.32 Å². The molecule has 0 heterocycles. The van der Waals surface area contributed by atoms with Crippen LogP contribution in [-0.2, 0) is 15.8 Å². The normalized spacial score (nSPS) is 12.3. The van der Waals surface area contributed by atoms with Crippen molar-refractivity contribution in [2.75, 3.05) is 10.6 Å². The first-order valence-electron chi connectivity index (χ1n) is 8.11. The van der Waals surface area contributed by atoms with Crippen LogP contribution in [0.4, 0.5) is 24.5 Å². The molecule has 0 aliphatic carbocycles. The third-order valence-corrected chi connectivity index (χ3v) is 4.04. The molecule has 2 N–H and O–H groups in total. The topological polar surface area (TPSA) is 58.2 Å². The SMILES string of the molecule is CCC(C)c1ccccc1NC(=O)C(=O)Nc1ccccc1C(F)(F)F. The van der Waals surface area contributed by atoms with E-state index in [1.807, 2.05) is 31.3 Å². The summed E-state index contributed by atoms with van der Waals surface area (Å²) in [5, 5.41) is 4.50. The van der Waals surface area contributed by atoms with Gasteiger partial charge in [-0.15, -0.1) is 0 Å². The largest absolute Gasteiger partial charge is 0.418 e.